The molecule has 3 aromatic rings. The van der Waals surface area contributed by atoms with E-state index < -0.39 is 5.97 Å². The lowest BCUT2D eigenvalue weighted by molar-refractivity contribution is -0.113. The Morgan fingerprint density at radius 3 is 2.56 bits per heavy atom. The summed E-state index contributed by atoms with van der Waals surface area (Å²) in [4.78, 5) is 24.1. The van der Waals surface area contributed by atoms with Crippen LogP contribution in [0.2, 0.25) is 10.0 Å². The van der Waals surface area contributed by atoms with Gasteiger partial charge in [-0.3, -0.25) is 4.79 Å². The zero-order valence-corrected chi connectivity index (χ0v) is 19.6. The number of amides is 1. The summed E-state index contributed by atoms with van der Waals surface area (Å²) in [5, 5.41) is 12.6. The second-order valence-electron chi connectivity index (χ2n) is 6.41. The van der Waals surface area contributed by atoms with Crippen LogP contribution in [0.5, 0.6) is 5.75 Å². The molecule has 3 rings (SSSR count). The van der Waals surface area contributed by atoms with Gasteiger partial charge in [0.25, 0.3) is 0 Å². The molecule has 0 saturated carbocycles. The van der Waals surface area contributed by atoms with Gasteiger partial charge in [0.1, 0.15) is 12.4 Å². The van der Waals surface area contributed by atoms with E-state index in [4.69, 9.17) is 27.9 Å². The van der Waals surface area contributed by atoms with Gasteiger partial charge in [0.2, 0.25) is 5.91 Å². The third-order valence-corrected chi connectivity index (χ3v) is 5.83. The van der Waals surface area contributed by atoms with E-state index in [0.29, 0.717) is 39.0 Å². The van der Waals surface area contributed by atoms with Crippen molar-refractivity contribution < 1.29 is 19.1 Å². The van der Waals surface area contributed by atoms with Crippen LogP contribution in [0.25, 0.3) is 0 Å². The Bertz CT molecular complexity index is 1110. The van der Waals surface area contributed by atoms with Crippen molar-refractivity contribution in [1.82, 2.24) is 14.8 Å². The van der Waals surface area contributed by atoms with Crippen molar-refractivity contribution in [2.24, 2.45) is 0 Å². The predicted octanol–water partition coefficient (Wildman–Crippen LogP) is 4.70. The van der Waals surface area contributed by atoms with Crippen LogP contribution in [0.3, 0.4) is 0 Å². The van der Waals surface area contributed by atoms with Crippen LogP contribution in [0.4, 0.5) is 5.69 Å². The van der Waals surface area contributed by atoms with Crippen molar-refractivity contribution in [1.29, 1.82) is 0 Å². The maximum absolute atomic E-state index is 12.4. The van der Waals surface area contributed by atoms with Crippen molar-refractivity contribution in [3.8, 4) is 5.75 Å². The van der Waals surface area contributed by atoms with Crippen LogP contribution >= 0.6 is 35.0 Å². The molecule has 2 aromatic carbocycles. The Kier molecular flexibility index (Phi) is 8.38. The molecule has 1 aromatic heterocycles. The monoisotopic (exact) mass is 494 g/mol. The molecule has 0 saturated heterocycles. The van der Waals surface area contributed by atoms with E-state index in [0.717, 1.165) is 0 Å². The molecule has 168 valence electrons. The number of hydrogen-bond acceptors (Lipinski definition) is 7. The molecule has 1 amide bonds. The summed E-state index contributed by atoms with van der Waals surface area (Å²) in [6.07, 6.45) is 0. The fourth-order valence-corrected chi connectivity index (χ4v) is 3.82. The van der Waals surface area contributed by atoms with Gasteiger partial charge in [0, 0.05) is 11.6 Å². The smallest absolute Gasteiger partial charge is 0.337 e. The number of thioether (sulfide) groups is 1. The SMILES string of the molecule is CCn1c(COc2ccc(Cl)cc2)nnc1SCC(=O)Nc1cc(C(=O)OC)ccc1Cl. The number of methoxy groups -OCH3 is 1. The molecule has 8 nitrogen and oxygen atoms in total. The fraction of sp³-hybridized carbons (Fsp3) is 0.238. The second-order valence-corrected chi connectivity index (χ2v) is 8.19. The average Bonchev–Trinajstić information content (AvgIpc) is 3.20. The first kappa shape index (κ1) is 23.9. The molecule has 0 aliphatic carbocycles. The molecule has 1 heterocycles. The molecule has 32 heavy (non-hydrogen) atoms. The number of carbonyl (C=O) groups excluding carboxylic acids is 2. The van der Waals surface area contributed by atoms with E-state index in [1.54, 1.807) is 24.3 Å². The molecule has 0 aliphatic rings. The van der Waals surface area contributed by atoms with Crippen LogP contribution < -0.4 is 10.1 Å². The number of anilines is 1. The van der Waals surface area contributed by atoms with Crippen molar-refractivity contribution in [3.05, 3.63) is 63.9 Å². The first-order chi connectivity index (χ1) is 15.4. The predicted molar refractivity (Wildman–Crippen MR) is 124 cm³/mol. The van der Waals surface area contributed by atoms with Gasteiger partial charge >= 0.3 is 5.97 Å². The zero-order valence-electron chi connectivity index (χ0n) is 17.3. The first-order valence-corrected chi connectivity index (χ1v) is 11.3. The molecule has 0 spiro atoms. The highest BCUT2D eigenvalue weighted by molar-refractivity contribution is 7.99. The molecule has 11 heteroatoms. The second kappa shape index (κ2) is 11.2. The van der Waals surface area contributed by atoms with E-state index in [9.17, 15) is 9.59 Å². The third-order valence-electron chi connectivity index (χ3n) is 4.29. The van der Waals surface area contributed by atoms with Crippen LogP contribution in [0.15, 0.2) is 47.6 Å². The number of ether oxygens (including phenoxy) is 2. The number of nitrogens with zero attached hydrogens (tertiary/aromatic N) is 3. The number of carbonyl (C=O) groups is 2. The molecule has 0 bridgehead atoms. The molecule has 0 radical (unpaired) electrons. The molecule has 0 unspecified atom stereocenters. The van der Waals surface area contributed by atoms with Gasteiger partial charge in [-0.2, -0.15) is 0 Å². The minimum atomic E-state index is -0.518. The number of nitrogens with one attached hydrogen (secondary N) is 1. The van der Waals surface area contributed by atoms with Crippen LogP contribution in [-0.2, 0) is 22.7 Å². The van der Waals surface area contributed by atoms with Crippen LogP contribution in [-0.4, -0.2) is 39.5 Å². The normalized spacial score (nSPS) is 10.6. The van der Waals surface area contributed by atoms with Crippen LogP contribution in [0.1, 0.15) is 23.1 Å². The molecule has 0 fully saturated rings. The van der Waals surface area contributed by atoms with E-state index in [1.165, 1.54) is 37.1 Å². The van der Waals surface area contributed by atoms with Gasteiger partial charge in [-0.25, -0.2) is 4.79 Å². The lowest BCUT2D eigenvalue weighted by Crippen LogP contribution is -2.16. The number of benzene rings is 2. The van der Waals surface area contributed by atoms with Gasteiger partial charge in [-0.1, -0.05) is 35.0 Å². The molecule has 0 aliphatic heterocycles. The Morgan fingerprint density at radius 1 is 1.12 bits per heavy atom. The highest BCUT2D eigenvalue weighted by atomic mass is 35.5. The molecular formula is C21H20Cl2N4O4S. The third kappa shape index (κ3) is 6.15. The van der Waals surface area contributed by atoms with Gasteiger partial charge in [0.05, 0.1) is 29.1 Å². The maximum atomic E-state index is 12.4. The van der Waals surface area contributed by atoms with Crippen molar-refractivity contribution in [2.75, 3.05) is 18.2 Å². The molecule has 0 atom stereocenters. The largest absolute Gasteiger partial charge is 0.486 e. The fourth-order valence-electron chi connectivity index (χ4n) is 2.71. The molecular weight excluding hydrogens is 475 g/mol. The summed E-state index contributed by atoms with van der Waals surface area (Å²) in [6, 6.07) is 11.6. The van der Waals surface area contributed by atoms with Crippen molar-refractivity contribution in [2.45, 2.75) is 25.2 Å². The quantitative estimate of drug-likeness (QED) is 0.340. The van der Waals surface area contributed by atoms with Crippen molar-refractivity contribution in [3.63, 3.8) is 0 Å². The lowest BCUT2D eigenvalue weighted by Gasteiger charge is -2.10. The molecule has 1 N–H and O–H groups in total. The van der Waals surface area contributed by atoms with E-state index >= 15 is 0 Å². The standard InChI is InChI=1S/C21H20Cl2N4O4S/c1-3-27-18(11-31-15-7-5-14(22)6-8-15)25-26-21(27)32-12-19(28)24-17-10-13(20(29)30-2)4-9-16(17)23/h4-10H,3,11-12H2,1-2H3,(H,24,28). The van der Waals surface area contributed by atoms with Gasteiger partial charge in [-0.05, 0) is 49.4 Å². The minimum absolute atomic E-state index is 0.0783. The number of aromatic nitrogens is 3. The maximum Gasteiger partial charge on any atom is 0.337 e. The summed E-state index contributed by atoms with van der Waals surface area (Å²) >= 11 is 13.2. The summed E-state index contributed by atoms with van der Waals surface area (Å²) in [5.74, 6) is 0.563. The highest BCUT2D eigenvalue weighted by Crippen LogP contribution is 2.25. The van der Waals surface area contributed by atoms with E-state index in [2.05, 4.69) is 20.3 Å². The van der Waals surface area contributed by atoms with E-state index in [-0.39, 0.29) is 23.8 Å². The topological polar surface area (TPSA) is 95.3 Å². The van der Waals surface area contributed by atoms with E-state index in [1.807, 2.05) is 11.5 Å². The number of hydrogen-bond donors (Lipinski definition) is 1. The Hall–Kier alpha value is -2.75. The van der Waals surface area contributed by atoms with Gasteiger partial charge in [0.15, 0.2) is 11.0 Å². The van der Waals surface area contributed by atoms with Gasteiger partial charge in [-0.15, -0.1) is 10.2 Å². The van der Waals surface area contributed by atoms with Crippen molar-refractivity contribution >= 4 is 52.5 Å². The zero-order chi connectivity index (χ0) is 23.1. The lowest BCUT2D eigenvalue weighted by atomic mass is 10.2. The Balaban J connectivity index is 1.60. The Labute approximate surface area is 199 Å². The summed E-state index contributed by atoms with van der Waals surface area (Å²) in [5.41, 5.74) is 0.616. The average molecular weight is 495 g/mol. The number of esters is 1. The summed E-state index contributed by atoms with van der Waals surface area (Å²) in [6.45, 7) is 2.80. The summed E-state index contributed by atoms with van der Waals surface area (Å²) < 4.78 is 12.3. The van der Waals surface area contributed by atoms with Gasteiger partial charge < -0.3 is 19.4 Å². The van der Waals surface area contributed by atoms with Crippen LogP contribution in [0, 0.1) is 0 Å². The number of halogens is 2. The highest BCUT2D eigenvalue weighted by Gasteiger charge is 2.15. The minimum Gasteiger partial charge on any atom is -0.486 e. The Morgan fingerprint density at radius 2 is 1.88 bits per heavy atom. The summed E-state index contributed by atoms with van der Waals surface area (Å²) in [7, 11) is 1.28. The first-order valence-electron chi connectivity index (χ1n) is 9.52. The number of rotatable bonds is 9.